The Kier molecular flexibility index (Phi) is 4.14. The normalized spacial score (nSPS) is 16.2. The molecule has 0 atom stereocenters. The molecule has 17 heavy (non-hydrogen) atoms. The van der Waals surface area contributed by atoms with Gasteiger partial charge in [0.15, 0.2) is 0 Å². The number of nitrogens with zero attached hydrogens (tertiary/aromatic N) is 2. The van der Waals surface area contributed by atoms with Gasteiger partial charge in [0, 0.05) is 20.2 Å². The molecule has 0 aromatic carbocycles. The first-order valence-corrected chi connectivity index (χ1v) is 6.12. The van der Waals surface area contributed by atoms with Crippen molar-refractivity contribution in [3.8, 4) is 0 Å². The maximum atomic E-state index is 11.7. The molecule has 94 valence electrons. The molecule has 0 bridgehead atoms. The average molecular weight is 304 g/mol. The maximum Gasteiger partial charge on any atom is 0.266 e. The molecule has 2 heterocycles. The van der Waals surface area contributed by atoms with E-state index in [0.717, 1.165) is 13.1 Å². The van der Waals surface area contributed by atoms with Crippen LogP contribution in [0.5, 0.6) is 0 Å². The summed E-state index contributed by atoms with van der Waals surface area (Å²) < 4.78 is 10.7. The van der Waals surface area contributed by atoms with E-state index in [9.17, 15) is 4.79 Å². The zero-order valence-corrected chi connectivity index (χ0v) is 11.1. The van der Waals surface area contributed by atoms with Gasteiger partial charge < -0.3 is 14.4 Å². The van der Waals surface area contributed by atoms with E-state index in [2.05, 4.69) is 25.9 Å². The quantitative estimate of drug-likeness (QED) is 0.881. The SMILES string of the molecule is COCc1nc(N2CCOCC2)[nH]c(=O)c1Br. The van der Waals surface area contributed by atoms with E-state index < -0.39 is 0 Å². The summed E-state index contributed by atoms with van der Waals surface area (Å²) in [6.45, 7) is 3.08. The summed E-state index contributed by atoms with van der Waals surface area (Å²) in [5, 5.41) is 0. The summed E-state index contributed by atoms with van der Waals surface area (Å²) in [5.74, 6) is 0.577. The third-order valence-corrected chi connectivity index (χ3v) is 3.33. The van der Waals surface area contributed by atoms with E-state index >= 15 is 0 Å². The van der Waals surface area contributed by atoms with Crippen molar-refractivity contribution in [2.24, 2.45) is 0 Å². The molecular weight excluding hydrogens is 290 g/mol. The van der Waals surface area contributed by atoms with Crippen LogP contribution in [0.4, 0.5) is 5.95 Å². The fraction of sp³-hybridized carbons (Fsp3) is 0.600. The second-order valence-electron chi connectivity index (χ2n) is 3.68. The Hall–Kier alpha value is -0.920. The topological polar surface area (TPSA) is 67.5 Å². The van der Waals surface area contributed by atoms with Gasteiger partial charge in [-0.25, -0.2) is 4.98 Å². The van der Waals surface area contributed by atoms with Crippen molar-refractivity contribution in [2.45, 2.75) is 6.61 Å². The van der Waals surface area contributed by atoms with Gasteiger partial charge in [-0.15, -0.1) is 0 Å². The van der Waals surface area contributed by atoms with E-state index in [1.165, 1.54) is 0 Å². The first-order valence-electron chi connectivity index (χ1n) is 5.32. The highest BCUT2D eigenvalue weighted by molar-refractivity contribution is 9.10. The Morgan fingerprint density at radius 2 is 2.24 bits per heavy atom. The monoisotopic (exact) mass is 303 g/mol. The standard InChI is InChI=1S/C10H14BrN3O3/c1-16-6-7-8(11)9(15)13-10(12-7)14-2-4-17-5-3-14/h2-6H2,1H3,(H,12,13,15). The van der Waals surface area contributed by atoms with Crippen molar-refractivity contribution in [1.82, 2.24) is 9.97 Å². The number of hydrogen-bond acceptors (Lipinski definition) is 5. The number of methoxy groups -OCH3 is 1. The number of ether oxygens (including phenoxy) is 2. The van der Waals surface area contributed by atoms with Gasteiger partial charge in [-0.05, 0) is 15.9 Å². The Morgan fingerprint density at radius 3 is 2.88 bits per heavy atom. The van der Waals surface area contributed by atoms with Crippen LogP contribution in [0, 0.1) is 0 Å². The van der Waals surface area contributed by atoms with Crippen LogP contribution in [0.3, 0.4) is 0 Å². The van der Waals surface area contributed by atoms with Crippen LogP contribution < -0.4 is 10.5 Å². The molecule has 2 rings (SSSR count). The van der Waals surface area contributed by atoms with E-state index in [1.807, 2.05) is 4.90 Å². The van der Waals surface area contributed by atoms with Crippen molar-refractivity contribution < 1.29 is 9.47 Å². The van der Waals surface area contributed by atoms with Crippen LogP contribution in [0.25, 0.3) is 0 Å². The molecule has 0 amide bonds. The van der Waals surface area contributed by atoms with Crippen LogP contribution in [0.2, 0.25) is 0 Å². The molecule has 1 aromatic heterocycles. The van der Waals surface area contributed by atoms with E-state index in [4.69, 9.17) is 9.47 Å². The molecule has 6 nitrogen and oxygen atoms in total. The third kappa shape index (κ3) is 2.85. The fourth-order valence-corrected chi connectivity index (χ4v) is 1.95. The van der Waals surface area contributed by atoms with Gasteiger partial charge in [0.1, 0.15) is 4.47 Å². The summed E-state index contributed by atoms with van der Waals surface area (Å²) in [4.78, 5) is 20.9. The third-order valence-electron chi connectivity index (χ3n) is 2.51. The molecule has 1 fully saturated rings. The van der Waals surface area contributed by atoms with Crippen molar-refractivity contribution in [2.75, 3.05) is 38.3 Å². The smallest absolute Gasteiger partial charge is 0.266 e. The number of H-pyrrole nitrogens is 1. The van der Waals surface area contributed by atoms with Gasteiger partial charge in [-0.1, -0.05) is 0 Å². The van der Waals surface area contributed by atoms with Gasteiger partial charge >= 0.3 is 0 Å². The largest absolute Gasteiger partial charge is 0.378 e. The Bertz CT molecular complexity index is 443. The molecule has 7 heteroatoms. The first-order chi connectivity index (χ1) is 8.22. The molecule has 1 aromatic rings. The highest BCUT2D eigenvalue weighted by Crippen LogP contribution is 2.14. The number of morpholine rings is 1. The molecular formula is C10H14BrN3O3. The zero-order chi connectivity index (χ0) is 12.3. The second kappa shape index (κ2) is 5.61. The molecule has 1 aliphatic heterocycles. The lowest BCUT2D eigenvalue weighted by Gasteiger charge is -2.27. The summed E-state index contributed by atoms with van der Waals surface area (Å²) in [6, 6.07) is 0. The maximum absolute atomic E-state index is 11.7. The molecule has 1 saturated heterocycles. The number of anilines is 1. The molecule has 0 unspecified atom stereocenters. The number of aromatic nitrogens is 2. The highest BCUT2D eigenvalue weighted by atomic mass is 79.9. The number of aromatic amines is 1. The van der Waals surface area contributed by atoms with E-state index in [1.54, 1.807) is 7.11 Å². The van der Waals surface area contributed by atoms with Crippen molar-refractivity contribution in [1.29, 1.82) is 0 Å². The van der Waals surface area contributed by atoms with E-state index in [0.29, 0.717) is 35.9 Å². The average Bonchev–Trinajstić information content (AvgIpc) is 2.36. The summed E-state index contributed by atoms with van der Waals surface area (Å²) >= 11 is 3.21. The predicted molar refractivity (Wildman–Crippen MR) is 66.3 cm³/mol. The summed E-state index contributed by atoms with van der Waals surface area (Å²) in [7, 11) is 1.57. The number of hydrogen-bond donors (Lipinski definition) is 1. The number of nitrogens with one attached hydrogen (secondary N) is 1. The van der Waals surface area contributed by atoms with Gasteiger partial charge in [0.05, 0.1) is 25.5 Å². The van der Waals surface area contributed by atoms with Crippen LogP contribution in [0.1, 0.15) is 5.69 Å². The van der Waals surface area contributed by atoms with Crippen LogP contribution >= 0.6 is 15.9 Å². The highest BCUT2D eigenvalue weighted by Gasteiger charge is 2.16. The van der Waals surface area contributed by atoms with Gasteiger partial charge in [-0.2, -0.15) is 0 Å². The van der Waals surface area contributed by atoms with Crippen LogP contribution in [-0.2, 0) is 16.1 Å². The molecule has 1 N–H and O–H groups in total. The van der Waals surface area contributed by atoms with Gasteiger partial charge in [-0.3, -0.25) is 9.78 Å². The zero-order valence-electron chi connectivity index (χ0n) is 9.53. The lowest BCUT2D eigenvalue weighted by atomic mass is 10.4. The van der Waals surface area contributed by atoms with Gasteiger partial charge in [0.2, 0.25) is 5.95 Å². The van der Waals surface area contributed by atoms with Crippen molar-refractivity contribution >= 4 is 21.9 Å². The fourth-order valence-electron chi connectivity index (χ4n) is 1.65. The molecule has 0 saturated carbocycles. The Balaban J connectivity index is 2.30. The lowest BCUT2D eigenvalue weighted by Crippen LogP contribution is -2.38. The number of rotatable bonds is 3. The second-order valence-corrected chi connectivity index (χ2v) is 4.48. The molecule has 0 spiro atoms. The number of halogens is 1. The van der Waals surface area contributed by atoms with Gasteiger partial charge in [0.25, 0.3) is 5.56 Å². The minimum Gasteiger partial charge on any atom is -0.378 e. The molecule has 0 aliphatic carbocycles. The minimum atomic E-state index is -0.187. The molecule has 1 aliphatic rings. The molecule has 0 radical (unpaired) electrons. The van der Waals surface area contributed by atoms with Crippen LogP contribution in [0.15, 0.2) is 9.27 Å². The van der Waals surface area contributed by atoms with Crippen molar-refractivity contribution in [3.63, 3.8) is 0 Å². The van der Waals surface area contributed by atoms with E-state index in [-0.39, 0.29) is 5.56 Å². The lowest BCUT2D eigenvalue weighted by molar-refractivity contribution is 0.122. The van der Waals surface area contributed by atoms with Crippen LogP contribution in [-0.4, -0.2) is 43.4 Å². The predicted octanol–water partition coefficient (Wildman–Crippen LogP) is 0.515. The minimum absolute atomic E-state index is 0.187. The summed E-state index contributed by atoms with van der Waals surface area (Å²) in [5.41, 5.74) is 0.422. The van der Waals surface area contributed by atoms with Crippen molar-refractivity contribution in [3.05, 3.63) is 20.5 Å². The first kappa shape index (κ1) is 12.5. The Labute approximate surface area is 107 Å². The summed E-state index contributed by atoms with van der Waals surface area (Å²) in [6.07, 6.45) is 0. The Morgan fingerprint density at radius 1 is 1.53 bits per heavy atom.